The van der Waals surface area contributed by atoms with Gasteiger partial charge in [-0.3, -0.25) is 4.79 Å². The number of fused-ring (bicyclic) bond motifs is 1. The topological polar surface area (TPSA) is 59.9 Å². The summed E-state index contributed by atoms with van der Waals surface area (Å²) >= 11 is 0. The maximum absolute atomic E-state index is 12.4. The number of methoxy groups -OCH3 is 1. The fourth-order valence-corrected chi connectivity index (χ4v) is 3.11. The number of benzene rings is 4. The molecule has 0 atom stereocenters. The third-order valence-electron chi connectivity index (χ3n) is 4.61. The van der Waals surface area contributed by atoms with E-state index in [2.05, 4.69) is 10.5 Å². The molecule has 0 saturated heterocycles. The molecule has 0 aliphatic heterocycles. The Balaban J connectivity index is 1.46. The number of carbonyl (C=O) groups is 1. The zero-order valence-electron chi connectivity index (χ0n) is 16.4. The minimum atomic E-state index is -0.309. The molecule has 0 aliphatic rings. The van der Waals surface area contributed by atoms with E-state index < -0.39 is 0 Å². The van der Waals surface area contributed by atoms with Crippen LogP contribution in [0.1, 0.15) is 15.9 Å². The lowest BCUT2D eigenvalue weighted by Crippen LogP contribution is -2.17. The number of hydrazone groups is 1. The first-order valence-corrected chi connectivity index (χ1v) is 9.47. The highest BCUT2D eigenvalue weighted by atomic mass is 16.5. The molecule has 5 heteroatoms. The van der Waals surface area contributed by atoms with Gasteiger partial charge in [0.25, 0.3) is 5.91 Å². The number of amides is 1. The predicted octanol–water partition coefficient (Wildman–Crippen LogP) is 5.40. The van der Waals surface area contributed by atoms with Crippen molar-refractivity contribution in [3.8, 4) is 17.2 Å². The quantitative estimate of drug-likeness (QED) is 0.350. The Kier molecular flexibility index (Phi) is 5.71. The van der Waals surface area contributed by atoms with Crippen LogP contribution in [-0.2, 0) is 0 Å². The SMILES string of the molecule is COc1ccc2ccccc2c1/C=N/NC(=O)c1ccc(Oc2ccccc2)cc1. The number of nitrogens with zero attached hydrogens (tertiary/aromatic N) is 1. The Morgan fingerprint density at radius 3 is 2.30 bits per heavy atom. The average molecular weight is 396 g/mol. The zero-order valence-corrected chi connectivity index (χ0v) is 16.4. The van der Waals surface area contributed by atoms with Gasteiger partial charge in [0, 0.05) is 11.1 Å². The number of rotatable bonds is 6. The molecular weight excluding hydrogens is 376 g/mol. The molecule has 1 amide bonds. The lowest BCUT2D eigenvalue weighted by Gasteiger charge is -2.08. The molecule has 4 rings (SSSR count). The van der Waals surface area contributed by atoms with Crippen molar-refractivity contribution in [2.75, 3.05) is 7.11 Å². The Bertz CT molecular complexity index is 1190. The van der Waals surface area contributed by atoms with Crippen molar-refractivity contribution in [1.82, 2.24) is 5.43 Å². The molecule has 0 radical (unpaired) electrons. The van der Waals surface area contributed by atoms with E-state index in [1.807, 2.05) is 66.7 Å². The monoisotopic (exact) mass is 396 g/mol. The van der Waals surface area contributed by atoms with Gasteiger partial charge in [0.05, 0.1) is 13.3 Å². The second-order valence-corrected chi connectivity index (χ2v) is 6.54. The van der Waals surface area contributed by atoms with Crippen LogP contribution in [0.5, 0.6) is 17.2 Å². The second-order valence-electron chi connectivity index (χ2n) is 6.54. The molecule has 0 spiro atoms. The van der Waals surface area contributed by atoms with Crippen LogP contribution in [0, 0.1) is 0 Å². The van der Waals surface area contributed by atoms with Crippen LogP contribution in [0.15, 0.2) is 96.1 Å². The summed E-state index contributed by atoms with van der Waals surface area (Å²) in [6, 6.07) is 28.2. The number of nitrogens with one attached hydrogen (secondary N) is 1. The number of hydrogen-bond acceptors (Lipinski definition) is 4. The molecule has 148 valence electrons. The summed E-state index contributed by atoms with van der Waals surface area (Å²) in [5.41, 5.74) is 3.86. The normalized spacial score (nSPS) is 10.8. The third kappa shape index (κ3) is 4.31. The van der Waals surface area contributed by atoms with E-state index in [4.69, 9.17) is 9.47 Å². The van der Waals surface area contributed by atoms with Crippen LogP contribution in [0.4, 0.5) is 0 Å². The van der Waals surface area contributed by atoms with E-state index in [1.54, 1.807) is 37.6 Å². The summed E-state index contributed by atoms with van der Waals surface area (Å²) in [6.07, 6.45) is 1.60. The third-order valence-corrected chi connectivity index (χ3v) is 4.61. The number of hydrogen-bond donors (Lipinski definition) is 1. The molecule has 0 aromatic heterocycles. The van der Waals surface area contributed by atoms with Gasteiger partial charge in [-0.25, -0.2) is 5.43 Å². The van der Waals surface area contributed by atoms with Crippen LogP contribution < -0.4 is 14.9 Å². The zero-order chi connectivity index (χ0) is 20.8. The molecule has 30 heavy (non-hydrogen) atoms. The molecule has 0 heterocycles. The Morgan fingerprint density at radius 2 is 1.53 bits per heavy atom. The van der Waals surface area contributed by atoms with Gasteiger partial charge in [-0.05, 0) is 53.2 Å². The van der Waals surface area contributed by atoms with Crippen LogP contribution in [0.25, 0.3) is 10.8 Å². The average Bonchev–Trinajstić information content (AvgIpc) is 2.80. The summed E-state index contributed by atoms with van der Waals surface area (Å²) in [7, 11) is 1.61. The standard InChI is InChI=1S/C25H20N2O3/c1-29-24-16-13-18-7-5-6-10-22(18)23(24)17-26-27-25(28)19-11-14-21(15-12-19)30-20-8-3-2-4-9-20/h2-17H,1H3,(H,27,28)/b26-17+. The van der Waals surface area contributed by atoms with Gasteiger partial charge in [0.1, 0.15) is 17.2 Å². The molecule has 0 fully saturated rings. The van der Waals surface area contributed by atoms with E-state index in [1.165, 1.54) is 0 Å². The summed E-state index contributed by atoms with van der Waals surface area (Å²) in [5.74, 6) is 1.77. The Hall–Kier alpha value is -4.12. The number of para-hydroxylation sites is 1. The van der Waals surface area contributed by atoms with Gasteiger partial charge in [0.15, 0.2) is 0 Å². The lowest BCUT2D eigenvalue weighted by atomic mass is 10.0. The van der Waals surface area contributed by atoms with Crippen molar-refractivity contribution in [2.24, 2.45) is 5.10 Å². The van der Waals surface area contributed by atoms with Crippen LogP contribution >= 0.6 is 0 Å². The summed E-state index contributed by atoms with van der Waals surface area (Å²) in [5, 5.41) is 6.20. The minimum Gasteiger partial charge on any atom is -0.496 e. The van der Waals surface area contributed by atoms with Crippen molar-refractivity contribution in [2.45, 2.75) is 0 Å². The van der Waals surface area contributed by atoms with Gasteiger partial charge in [-0.2, -0.15) is 5.10 Å². The molecule has 4 aromatic carbocycles. The highest BCUT2D eigenvalue weighted by molar-refractivity contribution is 6.03. The lowest BCUT2D eigenvalue weighted by molar-refractivity contribution is 0.0955. The Labute approximate surface area is 174 Å². The van der Waals surface area contributed by atoms with Gasteiger partial charge in [-0.1, -0.05) is 48.5 Å². The molecule has 5 nitrogen and oxygen atoms in total. The summed E-state index contributed by atoms with van der Waals surface area (Å²) < 4.78 is 11.2. The first kappa shape index (κ1) is 19.2. The molecule has 4 aromatic rings. The van der Waals surface area contributed by atoms with E-state index in [0.717, 1.165) is 22.1 Å². The van der Waals surface area contributed by atoms with E-state index in [9.17, 15) is 4.79 Å². The smallest absolute Gasteiger partial charge is 0.271 e. The second kappa shape index (κ2) is 8.92. The molecule has 0 unspecified atom stereocenters. The van der Waals surface area contributed by atoms with Crippen molar-refractivity contribution >= 4 is 22.9 Å². The van der Waals surface area contributed by atoms with Crippen molar-refractivity contribution in [3.05, 3.63) is 102 Å². The van der Waals surface area contributed by atoms with Gasteiger partial charge < -0.3 is 9.47 Å². The van der Waals surface area contributed by atoms with Gasteiger partial charge in [0.2, 0.25) is 0 Å². The largest absolute Gasteiger partial charge is 0.496 e. The molecule has 0 bridgehead atoms. The van der Waals surface area contributed by atoms with E-state index in [0.29, 0.717) is 17.1 Å². The van der Waals surface area contributed by atoms with E-state index >= 15 is 0 Å². The van der Waals surface area contributed by atoms with Crippen LogP contribution in [-0.4, -0.2) is 19.2 Å². The van der Waals surface area contributed by atoms with Crippen LogP contribution in [0.2, 0.25) is 0 Å². The highest BCUT2D eigenvalue weighted by Gasteiger charge is 2.08. The van der Waals surface area contributed by atoms with Crippen molar-refractivity contribution < 1.29 is 14.3 Å². The predicted molar refractivity (Wildman–Crippen MR) is 119 cm³/mol. The fraction of sp³-hybridized carbons (Fsp3) is 0.0400. The van der Waals surface area contributed by atoms with Gasteiger partial charge >= 0.3 is 0 Å². The van der Waals surface area contributed by atoms with Crippen LogP contribution in [0.3, 0.4) is 0 Å². The first-order valence-electron chi connectivity index (χ1n) is 9.47. The summed E-state index contributed by atoms with van der Waals surface area (Å²) in [6.45, 7) is 0. The fourth-order valence-electron chi connectivity index (χ4n) is 3.11. The summed E-state index contributed by atoms with van der Waals surface area (Å²) in [4.78, 5) is 12.4. The van der Waals surface area contributed by atoms with Crippen molar-refractivity contribution in [1.29, 1.82) is 0 Å². The minimum absolute atomic E-state index is 0.309. The van der Waals surface area contributed by atoms with Crippen molar-refractivity contribution in [3.63, 3.8) is 0 Å². The number of ether oxygens (including phenoxy) is 2. The first-order chi connectivity index (χ1) is 14.7. The molecule has 1 N–H and O–H groups in total. The van der Waals surface area contributed by atoms with Gasteiger partial charge in [-0.15, -0.1) is 0 Å². The van der Waals surface area contributed by atoms with E-state index in [-0.39, 0.29) is 5.91 Å². The Morgan fingerprint density at radius 1 is 0.833 bits per heavy atom. The molecule has 0 saturated carbocycles. The number of carbonyl (C=O) groups excluding carboxylic acids is 1. The maximum atomic E-state index is 12.4. The molecule has 0 aliphatic carbocycles. The maximum Gasteiger partial charge on any atom is 0.271 e. The molecular formula is C25H20N2O3. The highest BCUT2D eigenvalue weighted by Crippen LogP contribution is 2.26.